The Morgan fingerprint density at radius 2 is 2.17 bits per heavy atom. The molecule has 0 radical (unpaired) electrons. The molecule has 6 heteroatoms. The van der Waals surface area contributed by atoms with Gasteiger partial charge in [0.15, 0.2) is 0 Å². The third-order valence-corrected chi connectivity index (χ3v) is 4.15. The Bertz CT molecular complexity index is 756. The van der Waals surface area contributed by atoms with Gasteiger partial charge in [-0.3, -0.25) is 9.36 Å². The lowest BCUT2D eigenvalue weighted by molar-refractivity contribution is -0.121. The van der Waals surface area contributed by atoms with Crippen LogP contribution in [0.3, 0.4) is 0 Å². The van der Waals surface area contributed by atoms with Crippen LogP contribution in [0.2, 0.25) is 0 Å². The van der Waals surface area contributed by atoms with E-state index in [-0.39, 0.29) is 18.5 Å². The van der Waals surface area contributed by atoms with Crippen molar-refractivity contribution in [3.05, 3.63) is 58.8 Å². The van der Waals surface area contributed by atoms with Crippen LogP contribution in [0, 0.1) is 0 Å². The minimum Gasteiger partial charge on any atom is -0.366 e. The van der Waals surface area contributed by atoms with E-state index >= 15 is 0 Å². The Morgan fingerprint density at radius 3 is 3.00 bits per heavy atom. The highest BCUT2D eigenvalue weighted by Crippen LogP contribution is 2.28. The highest BCUT2D eigenvalue weighted by Gasteiger charge is 2.23. The molecular formula is C17H20N4O2. The molecule has 0 unspecified atom stereocenters. The number of nitrogens with one attached hydrogen (secondary N) is 1. The Kier molecular flexibility index (Phi) is 4.41. The van der Waals surface area contributed by atoms with Crippen LogP contribution in [0.25, 0.3) is 0 Å². The number of hydrogen-bond donors (Lipinski definition) is 1. The van der Waals surface area contributed by atoms with Gasteiger partial charge in [-0.25, -0.2) is 9.78 Å². The van der Waals surface area contributed by atoms with Crippen molar-refractivity contribution in [1.29, 1.82) is 0 Å². The lowest BCUT2D eigenvalue weighted by Crippen LogP contribution is -2.43. The fourth-order valence-corrected chi connectivity index (χ4v) is 2.91. The van der Waals surface area contributed by atoms with E-state index in [4.69, 9.17) is 0 Å². The average molecular weight is 312 g/mol. The third-order valence-electron chi connectivity index (χ3n) is 4.15. The number of hydrogen-bond acceptors (Lipinski definition) is 4. The predicted octanol–water partition coefficient (Wildman–Crippen LogP) is 0.811. The summed E-state index contributed by atoms with van der Waals surface area (Å²) in [7, 11) is 0. The summed E-state index contributed by atoms with van der Waals surface area (Å²) in [5, 5.41) is 2.90. The summed E-state index contributed by atoms with van der Waals surface area (Å²) in [5.41, 5.74) is 2.19. The molecule has 1 amide bonds. The SMILES string of the molecule is C[C@H](CNC(=O)Cn1cccnc1=O)N1CCc2ccccc21. The molecule has 1 aromatic carbocycles. The highest BCUT2D eigenvalue weighted by atomic mass is 16.2. The molecule has 23 heavy (non-hydrogen) atoms. The van der Waals surface area contributed by atoms with Crippen LogP contribution in [0.5, 0.6) is 0 Å². The zero-order chi connectivity index (χ0) is 16.2. The van der Waals surface area contributed by atoms with Crippen LogP contribution >= 0.6 is 0 Å². The third kappa shape index (κ3) is 3.41. The number of rotatable bonds is 5. The van der Waals surface area contributed by atoms with Gasteiger partial charge in [0.1, 0.15) is 6.54 Å². The summed E-state index contributed by atoms with van der Waals surface area (Å²) >= 11 is 0. The minimum atomic E-state index is -0.413. The number of fused-ring (bicyclic) bond motifs is 1. The maximum Gasteiger partial charge on any atom is 0.347 e. The lowest BCUT2D eigenvalue weighted by Gasteiger charge is -2.27. The Morgan fingerprint density at radius 1 is 1.35 bits per heavy atom. The van der Waals surface area contributed by atoms with Gasteiger partial charge in [0.05, 0.1) is 0 Å². The molecule has 6 nitrogen and oxygen atoms in total. The maximum atomic E-state index is 12.0. The number of amides is 1. The van der Waals surface area contributed by atoms with Crippen molar-refractivity contribution in [3.8, 4) is 0 Å². The number of carbonyl (C=O) groups excluding carboxylic acids is 1. The van der Waals surface area contributed by atoms with Crippen LogP contribution in [-0.2, 0) is 17.8 Å². The summed E-state index contributed by atoms with van der Waals surface area (Å²) in [6, 6.07) is 10.2. The zero-order valence-corrected chi connectivity index (χ0v) is 13.1. The van der Waals surface area contributed by atoms with Crippen molar-refractivity contribution in [2.24, 2.45) is 0 Å². The number of anilines is 1. The molecule has 120 valence electrons. The standard InChI is InChI=1S/C17H20N4O2/c1-13(21-10-7-14-5-2-3-6-15(14)21)11-19-16(22)12-20-9-4-8-18-17(20)23/h2-6,8-9,13H,7,10-12H2,1H3,(H,19,22)/t13-/m1/s1. The van der Waals surface area contributed by atoms with Crippen molar-refractivity contribution < 1.29 is 4.79 Å². The molecule has 3 rings (SSSR count). The van der Waals surface area contributed by atoms with Crippen molar-refractivity contribution in [3.63, 3.8) is 0 Å². The molecule has 0 bridgehead atoms. The zero-order valence-electron chi connectivity index (χ0n) is 13.1. The summed E-state index contributed by atoms with van der Waals surface area (Å²) in [6.45, 7) is 3.61. The predicted molar refractivity (Wildman–Crippen MR) is 88.5 cm³/mol. The van der Waals surface area contributed by atoms with E-state index in [1.165, 1.54) is 22.0 Å². The van der Waals surface area contributed by atoms with Crippen LogP contribution < -0.4 is 15.9 Å². The molecule has 1 atom stereocenters. The first-order valence-electron chi connectivity index (χ1n) is 7.78. The highest BCUT2D eigenvalue weighted by molar-refractivity contribution is 5.75. The molecule has 1 aliphatic rings. The van der Waals surface area contributed by atoms with E-state index in [1.807, 2.05) is 6.07 Å². The fraction of sp³-hybridized carbons (Fsp3) is 0.353. The Labute approximate surface area is 134 Å². The van der Waals surface area contributed by atoms with Crippen LogP contribution in [0.4, 0.5) is 5.69 Å². The van der Waals surface area contributed by atoms with Crippen molar-refractivity contribution >= 4 is 11.6 Å². The Hall–Kier alpha value is -2.63. The molecule has 1 aromatic heterocycles. The molecule has 0 saturated heterocycles. The summed E-state index contributed by atoms with van der Waals surface area (Å²) in [5.74, 6) is -0.181. The van der Waals surface area contributed by atoms with Crippen LogP contribution in [0.1, 0.15) is 12.5 Å². The van der Waals surface area contributed by atoms with E-state index in [1.54, 1.807) is 12.3 Å². The number of aromatic nitrogens is 2. The molecule has 1 aliphatic heterocycles. The molecule has 2 aromatic rings. The van der Waals surface area contributed by atoms with E-state index in [2.05, 4.69) is 40.3 Å². The van der Waals surface area contributed by atoms with E-state index in [9.17, 15) is 9.59 Å². The van der Waals surface area contributed by atoms with Gasteiger partial charge >= 0.3 is 5.69 Å². The summed E-state index contributed by atoms with van der Waals surface area (Å²) in [6.07, 6.45) is 4.03. The topological polar surface area (TPSA) is 67.2 Å². The molecule has 0 spiro atoms. The van der Waals surface area contributed by atoms with Gasteiger partial charge < -0.3 is 10.2 Å². The van der Waals surface area contributed by atoms with Gasteiger partial charge in [-0.2, -0.15) is 0 Å². The van der Waals surface area contributed by atoms with Gasteiger partial charge in [-0.05, 0) is 31.0 Å². The van der Waals surface area contributed by atoms with E-state index in [0.29, 0.717) is 6.54 Å². The average Bonchev–Trinajstić information content (AvgIpc) is 2.99. The smallest absolute Gasteiger partial charge is 0.347 e. The first-order valence-corrected chi connectivity index (χ1v) is 7.78. The van der Waals surface area contributed by atoms with Crippen molar-refractivity contribution in [2.45, 2.75) is 25.9 Å². The largest absolute Gasteiger partial charge is 0.366 e. The first kappa shape index (κ1) is 15.3. The van der Waals surface area contributed by atoms with Gasteiger partial charge in [0.2, 0.25) is 5.91 Å². The number of nitrogens with zero attached hydrogens (tertiary/aromatic N) is 3. The molecule has 0 aliphatic carbocycles. The molecule has 0 fully saturated rings. The van der Waals surface area contributed by atoms with Crippen molar-refractivity contribution in [2.75, 3.05) is 18.0 Å². The normalized spacial score (nSPS) is 14.4. The Balaban J connectivity index is 1.55. The molecule has 0 saturated carbocycles. The molecular weight excluding hydrogens is 292 g/mol. The lowest BCUT2D eigenvalue weighted by atomic mass is 10.2. The quantitative estimate of drug-likeness (QED) is 0.887. The van der Waals surface area contributed by atoms with Crippen molar-refractivity contribution in [1.82, 2.24) is 14.9 Å². The second-order valence-electron chi connectivity index (χ2n) is 5.76. The fourth-order valence-electron chi connectivity index (χ4n) is 2.91. The second-order valence-corrected chi connectivity index (χ2v) is 5.76. The van der Waals surface area contributed by atoms with Gasteiger partial charge in [0, 0.05) is 37.2 Å². The van der Waals surface area contributed by atoms with Gasteiger partial charge in [-0.15, -0.1) is 0 Å². The maximum absolute atomic E-state index is 12.0. The van der Waals surface area contributed by atoms with E-state index < -0.39 is 5.69 Å². The van der Waals surface area contributed by atoms with Gasteiger partial charge in [0.25, 0.3) is 0 Å². The van der Waals surface area contributed by atoms with Gasteiger partial charge in [-0.1, -0.05) is 18.2 Å². The number of benzene rings is 1. The first-order chi connectivity index (χ1) is 11.1. The van der Waals surface area contributed by atoms with Crippen LogP contribution in [0.15, 0.2) is 47.5 Å². The monoisotopic (exact) mass is 312 g/mol. The van der Waals surface area contributed by atoms with Crippen LogP contribution in [-0.4, -0.2) is 34.6 Å². The number of para-hydroxylation sites is 1. The number of carbonyl (C=O) groups is 1. The minimum absolute atomic E-state index is 0.00399. The second kappa shape index (κ2) is 6.64. The molecule has 2 heterocycles. The molecule has 1 N–H and O–H groups in total. The summed E-state index contributed by atoms with van der Waals surface area (Å²) < 4.78 is 1.30. The van der Waals surface area contributed by atoms with E-state index in [0.717, 1.165) is 13.0 Å². The summed E-state index contributed by atoms with van der Waals surface area (Å²) in [4.78, 5) is 29.5.